The van der Waals surface area contributed by atoms with Crippen molar-refractivity contribution < 1.29 is 14.5 Å². The van der Waals surface area contributed by atoms with E-state index in [-0.39, 0.29) is 30.5 Å². The molecule has 1 aromatic carbocycles. The van der Waals surface area contributed by atoms with Crippen LogP contribution >= 0.6 is 0 Å². The monoisotopic (exact) mass is 316 g/mol. The van der Waals surface area contributed by atoms with Crippen LogP contribution in [0.15, 0.2) is 30.6 Å². The number of anilines is 2. The number of non-ortho nitro benzene ring substituents is 1. The second-order valence-corrected chi connectivity index (χ2v) is 5.01. The van der Waals surface area contributed by atoms with Crippen LogP contribution in [0.1, 0.15) is 6.42 Å². The number of nitrogens with zero attached hydrogens (tertiary/aromatic N) is 4. The number of carbonyl (C=O) groups excluding carboxylic acids is 2. The van der Waals surface area contributed by atoms with Crippen LogP contribution in [0.5, 0.6) is 0 Å². The van der Waals surface area contributed by atoms with Crippen molar-refractivity contribution in [2.24, 2.45) is 5.92 Å². The summed E-state index contributed by atoms with van der Waals surface area (Å²) >= 11 is 0. The predicted molar refractivity (Wildman–Crippen MR) is 78.5 cm³/mol. The molecule has 2 N–H and O–H groups in total. The van der Waals surface area contributed by atoms with Crippen LogP contribution in [-0.2, 0) is 16.1 Å². The Hall–Kier alpha value is -3.30. The van der Waals surface area contributed by atoms with E-state index in [1.165, 1.54) is 35.3 Å². The van der Waals surface area contributed by atoms with Gasteiger partial charge in [-0.15, -0.1) is 0 Å². The van der Waals surface area contributed by atoms with E-state index in [2.05, 4.69) is 20.7 Å². The summed E-state index contributed by atoms with van der Waals surface area (Å²) in [6.07, 6.45) is 1.30. The summed E-state index contributed by atoms with van der Waals surface area (Å²) < 4.78 is 1.52. The van der Waals surface area contributed by atoms with Crippen LogP contribution < -0.4 is 10.6 Å². The van der Waals surface area contributed by atoms with Crippen molar-refractivity contribution in [2.75, 3.05) is 10.6 Å². The molecule has 0 saturated heterocycles. The zero-order chi connectivity index (χ0) is 16.4. The molecule has 3 rings (SSSR count). The number of amides is 2. The number of aromatic nitrogens is 3. The summed E-state index contributed by atoms with van der Waals surface area (Å²) in [5, 5.41) is 19.7. The molecule has 0 bridgehead atoms. The Kier molecular flexibility index (Phi) is 3.71. The molecule has 0 spiro atoms. The average Bonchev–Trinajstić information content (AvgIpc) is 2.95. The Bertz CT molecular complexity index is 769. The number of nitrogens with one attached hydrogen (secondary N) is 2. The van der Waals surface area contributed by atoms with Gasteiger partial charge >= 0.3 is 0 Å². The van der Waals surface area contributed by atoms with Crippen LogP contribution in [0, 0.1) is 16.0 Å². The molecule has 0 fully saturated rings. The number of fused-ring (bicyclic) bond motifs is 1. The molecule has 10 nitrogen and oxygen atoms in total. The molecule has 2 aromatic rings. The molecule has 23 heavy (non-hydrogen) atoms. The Morgan fingerprint density at radius 3 is 2.87 bits per heavy atom. The van der Waals surface area contributed by atoms with Gasteiger partial charge < -0.3 is 5.32 Å². The maximum Gasteiger partial charge on any atom is 0.269 e. The molecule has 0 radical (unpaired) electrons. The third kappa shape index (κ3) is 3.15. The highest BCUT2D eigenvalue weighted by Gasteiger charge is 2.29. The zero-order valence-corrected chi connectivity index (χ0v) is 11.8. The molecule has 2 amide bonds. The number of benzene rings is 1. The van der Waals surface area contributed by atoms with Crippen molar-refractivity contribution >= 4 is 29.1 Å². The van der Waals surface area contributed by atoms with Crippen LogP contribution in [0.4, 0.5) is 17.3 Å². The summed E-state index contributed by atoms with van der Waals surface area (Å²) in [5.74, 6) is -0.837. The fourth-order valence-corrected chi connectivity index (χ4v) is 2.26. The number of rotatable bonds is 4. The highest BCUT2D eigenvalue weighted by Crippen LogP contribution is 2.20. The fraction of sp³-hybridized carbons (Fsp3) is 0.231. The second kappa shape index (κ2) is 5.83. The summed E-state index contributed by atoms with van der Waals surface area (Å²) in [6.45, 7) is 0.273. The van der Waals surface area contributed by atoms with E-state index in [0.717, 1.165) is 0 Å². The van der Waals surface area contributed by atoms with Crippen molar-refractivity contribution in [1.82, 2.24) is 14.8 Å². The first-order valence-electron chi connectivity index (χ1n) is 6.76. The van der Waals surface area contributed by atoms with E-state index in [1.54, 1.807) is 0 Å². The van der Waals surface area contributed by atoms with Gasteiger partial charge in [-0.05, 0) is 12.1 Å². The first-order chi connectivity index (χ1) is 11.0. The van der Waals surface area contributed by atoms with E-state index in [4.69, 9.17) is 0 Å². The standard InChI is InChI=1S/C13H12N6O4/c20-11(16-9-1-3-10(4-2-9)19(22)23)5-8-6-18-13(14-7-15-18)17-12(8)21/h1-4,7-8H,5-6H2,(H,16,20)(H,14,15,17,21). The van der Waals surface area contributed by atoms with E-state index >= 15 is 0 Å². The number of carbonyl (C=O) groups is 2. The number of nitro benzene ring substituents is 1. The quantitative estimate of drug-likeness (QED) is 0.633. The van der Waals surface area contributed by atoms with Gasteiger partial charge in [0.05, 0.1) is 17.4 Å². The SMILES string of the molecule is O=C(CC1Cn2ncnc2NC1=O)Nc1ccc([N+](=O)[O-])cc1. The Labute approximate surface area is 129 Å². The minimum absolute atomic E-state index is 0.0257. The Balaban J connectivity index is 1.61. The Morgan fingerprint density at radius 1 is 1.43 bits per heavy atom. The summed E-state index contributed by atoms with van der Waals surface area (Å²) in [5.41, 5.74) is 0.367. The van der Waals surface area contributed by atoms with Crippen molar-refractivity contribution in [3.05, 3.63) is 40.7 Å². The van der Waals surface area contributed by atoms with Crippen LogP contribution in [0.2, 0.25) is 0 Å². The van der Waals surface area contributed by atoms with Gasteiger partial charge in [0.25, 0.3) is 5.69 Å². The number of nitro groups is 1. The third-order valence-electron chi connectivity index (χ3n) is 3.41. The third-order valence-corrected chi connectivity index (χ3v) is 3.41. The fourth-order valence-electron chi connectivity index (χ4n) is 2.26. The second-order valence-electron chi connectivity index (χ2n) is 5.01. The molecule has 1 aromatic heterocycles. The highest BCUT2D eigenvalue weighted by atomic mass is 16.6. The molecule has 0 aliphatic carbocycles. The maximum atomic E-state index is 12.0. The van der Waals surface area contributed by atoms with Gasteiger partial charge in [-0.25, -0.2) is 4.68 Å². The van der Waals surface area contributed by atoms with Crippen molar-refractivity contribution in [2.45, 2.75) is 13.0 Å². The summed E-state index contributed by atoms with van der Waals surface area (Å²) in [7, 11) is 0. The minimum atomic E-state index is -0.553. The van der Waals surface area contributed by atoms with Gasteiger partial charge in [-0.3, -0.25) is 25.0 Å². The maximum absolute atomic E-state index is 12.0. The van der Waals surface area contributed by atoms with Crippen LogP contribution in [0.25, 0.3) is 0 Å². The molecule has 1 aliphatic rings. The molecule has 2 heterocycles. The largest absolute Gasteiger partial charge is 0.326 e. The molecule has 0 saturated carbocycles. The summed E-state index contributed by atoms with van der Waals surface area (Å²) in [6, 6.07) is 5.47. The molecule has 1 atom stereocenters. The van der Waals surface area contributed by atoms with Gasteiger partial charge in [0.15, 0.2) is 0 Å². The molecular weight excluding hydrogens is 304 g/mol. The molecular formula is C13H12N6O4. The van der Waals surface area contributed by atoms with Gasteiger partial charge in [-0.2, -0.15) is 10.1 Å². The normalized spacial score (nSPS) is 16.3. The van der Waals surface area contributed by atoms with Gasteiger partial charge in [-0.1, -0.05) is 0 Å². The Morgan fingerprint density at radius 2 is 2.17 bits per heavy atom. The molecule has 10 heteroatoms. The average molecular weight is 316 g/mol. The van der Waals surface area contributed by atoms with E-state index in [0.29, 0.717) is 11.6 Å². The molecule has 1 unspecified atom stereocenters. The lowest BCUT2D eigenvalue weighted by molar-refractivity contribution is -0.384. The van der Waals surface area contributed by atoms with E-state index in [9.17, 15) is 19.7 Å². The van der Waals surface area contributed by atoms with Crippen LogP contribution in [0.3, 0.4) is 0 Å². The lowest BCUT2D eigenvalue weighted by Gasteiger charge is -2.21. The van der Waals surface area contributed by atoms with Gasteiger partial charge in [0, 0.05) is 24.2 Å². The predicted octanol–water partition coefficient (Wildman–Crippen LogP) is 0.783. The zero-order valence-electron chi connectivity index (χ0n) is 11.8. The van der Waals surface area contributed by atoms with Gasteiger partial charge in [0.2, 0.25) is 17.8 Å². The van der Waals surface area contributed by atoms with E-state index in [1.807, 2.05) is 0 Å². The van der Waals surface area contributed by atoms with Crippen LogP contribution in [-0.4, -0.2) is 31.5 Å². The lowest BCUT2D eigenvalue weighted by Crippen LogP contribution is -2.36. The lowest BCUT2D eigenvalue weighted by atomic mass is 10.0. The van der Waals surface area contributed by atoms with Crippen molar-refractivity contribution in [3.63, 3.8) is 0 Å². The first-order valence-corrected chi connectivity index (χ1v) is 6.76. The summed E-state index contributed by atoms with van der Waals surface area (Å²) in [4.78, 5) is 37.9. The minimum Gasteiger partial charge on any atom is -0.326 e. The highest BCUT2D eigenvalue weighted by molar-refractivity contribution is 5.98. The van der Waals surface area contributed by atoms with Crippen molar-refractivity contribution in [1.29, 1.82) is 0 Å². The first kappa shape index (κ1) is 14.6. The smallest absolute Gasteiger partial charge is 0.269 e. The van der Waals surface area contributed by atoms with E-state index < -0.39 is 10.8 Å². The van der Waals surface area contributed by atoms with Gasteiger partial charge in [0.1, 0.15) is 6.33 Å². The molecule has 118 valence electrons. The van der Waals surface area contributed by atoms with Crippen molar-refractivity contribution in [3.8, 4) is 0 Å². The number of hydrogen-bond acceptors (Lipinski definition) is 6. The molecule has 1 aliphatic heterocycles. The topological polar surface area (TPSA) is 132 Å². The number of hydrogen-bond donors (Lipinski definition) is 2.